The SMILES string of the molecule is Cc1cc(S(=O)(=O)NCC2(C)CCCNC2)sc1Cl. The molecule has 0 aliphatic carbocycles. The quantitative estimate of drug-likeness (QED) is 0.894. The van der Waals surface area contributed by atoms with Crippen molar-refractivity contribution >= 4 is 33.0 Å². The molecule has 1 aliphatic heterocycles. The van der Waals surface area contributed by atoms with Gasteiger partial charge in [-0.05, 0) is 43.4 Å². The zero-order chi connectivity index (χ0) is 14.1. The molecule has 0 saturated carbocycles. The number of hydrogen-bond donors (Lipinski definition) is 2. The maximum atomic E-state index is 12.2. The van der Waals surface area contributed by atoms with Crippen molar-refractivity contribution < 1.29 is 8.42 Å². The molecule has 0 spiro atoms. The van der Waals surface area contributed by atoms with Crippen LogP contribution in [0.15, 0.2) is 10.3 Å². The van der Waals surface area contributed by atoms with E-state index < -0.39 is 10.0 Å². The van der Waals surface area contributed by atoms with Crippen LogP contribution < -0.4 is 10.0 Å². The fourth-order valence-corrected chi connectivity index (χ4v) is 5.13. The van der Waals surface area contributed by atoms with Crippen LogP contribution in [0.25, 0.3) is 0 Å². The number of halogens is 1. The summed E-state index contributed by atoms with van der Waals surface area (Å²) in [6.45, 7) is 6.23. The van der Waals surface area contributed by atoms with Gasteiger partial charge in [0.1, 0.15) is 4.21 Å². The van der Waals surface area contributed by atoms with E-state index in [2.05, 4.69) is 17.0 Å². The molecule has 1 saturated heterocycles. The summed E-state index contributed by atoms with van der Waals surface area (Å²) in [5.74, 6) is 0. The molecule has 1 aromatic rings. The molecule has 1 fully saturated rings. The molecule has 0 amide bonds. The van der Waals surface area contributed by atoms with Gasteiger partial charge in [0.15, 0.2) is 0 Å². The third-order valence-corrected chi connectivity index (χ3v) is 6.90. The molecule has 1 aromatic heterocycles. The minimum Gasteiger partial charge on any atom is -0.316 e. The highest BCUT2D eigenvalue weighted by Gasteiger charge is 2.29. The van der Waals surface area contributed by atoms with Crippen molar-refractivity contribution in [2.24, 2.45) is 5.41 Å². The van der Waals surface area contributed by atoms with Gasteiger partial charge in [0.25, 0.3) is 0 Å². The first-order valence-corrected chi connectivity index (χ1v) is 8.97. The van der Waals surface area contributed by atoms with Gasteiger partial charge < -0.3 is 5.32 Å². The van der Waals surface area contributed by atoms with Gasteiger partial charge in [-0.15, -0.1) is 11.3 Å². The maximum absolute atomic E-state index is 12.2. The minimum absolute atomic E-state index is 0.0125. The van der Waals surface area contributed by atoms with Crippen LogP contribution in [0.3, 0.4) is 0 Å². The van der Waals surface area contributed by atoms with Crippen molar-refractivity contribution in [2.45, 2.75) is 30.9 Å². The molecule has 1 aliphatic rings. The molecule has 108 valence electrons. The summed E-state index contributed by atoms with van der Waals surface area (Å²) in [6, 6.07) is 1.62. The lowest BCUT2D eigenvalue weighted by Crippen LogP contribution is -2.45. The largest absolute Gasteiger partial charge is 0.316 e. The van der Waals surface area contributed by atoms with Crippen LogP contribution in [0.5, 0.6) is 0 Å². The van der Waals surface area contributed by atoms with Crippen molar-refractivity contribution in [3.63, 3.8) is 0 Å². The molecule has 1 atom stereocenters. The normalized spacial score (nSPS) is 24.6. The number of sulfonamides is 1. The van der Waals surface area contributed by atoms with E-state index in [0.717, 1.165) is 42.8 Å². The molecule has 2 N–H and O–H groups in total. The Balaban J connectivity index is 2.05. The van der Waals surface area contributed by atoms with E-state index in [1.807, 2.05) is 6.92 Å². The summed E-state index contributed by atoms with van der Waals surface area (Å²) in [4.78, 5) is 0. The Morgan fingerprint density at radius 2 is 2.32 bits per heavy atom. The first-order chi connectivity index (χ1) is 8.82. The second kappa shape index (κ2) is 5.69. The van der Waals surface area contributed by atoms with Crippen LogP contribution in [-0.2, 0) is 10.0 Å². The van der Waals surface area contributed by atoms with Crippen LogP contribution in [-0.4, -0.2) is 28.1 Å². The number of rotatable bonds is 4. The number of piperidine rings is 1. The highest BCUT2D eigenvalue weighted by Crippen LogP contribution is 2.31. The Morgan fingerprint density at radius 1 is 1.58 bits per heavy atom. The average molecular weight is 323 g/mol. The minimum atomic E-state index is -3.44. The molecule has 0 radical (unpaired) electrons. The van der Waals surface area contributed by atoms with Gasteiger partial charge in [0.05, 0.1) is 4.34 Å². The Hall–Kier alpha value is -0.140. The standard InChI is InChI=1S/C12H19ClN2O2S2/c1-9-6-10(18-11(9)13)19(16,17)15-8-12(2)4-3-5-14-7-12/h6,14-15H,3-5,7-8H2,1-2H3. The fraction of sp³-hybridized carbons (Fsp3) is 0.667. The maximum Gasteiger partial charge on any atom is 0.250 e. The zero-order valence-electron chi connectivity index (χ0n) is 11.1. The molecule has 0 aromatic carbocycles. The van der Waals surface area contributed by atoms with E-state index in [1.165, 1.54) is 0 Å². The Morgan fingerprint density at radius 3 is 2.84 bits per heavy atom. The first-order valence-electron chi connectivity index (χ1n) is 6.29. The van der Waals surface area contributed by atoms with Gasteiger partial charge in [0.2, 0.25) is 10.0 Å². The molecule has 19 heavy (non-hydrogen) atoms. The Labute approximate surface area is 123 Å². The predicted molar refractivity (Wildman–Crippen MR) is 79.5 cm³/mol. The first kappa shape index (κ1) is 15.3. The van der Waals surface area contributed by atoms with Gasteiger partial charge in [-0.1, -0.05) is 18.5 Å². The molecule has 0 bridgehead atoms. The highest BCUT2D eigenvalue weighted by molar-refractivity contribution is 7.91. The summed E-state index contributed by atoms with van der Waals surface area (Å²) < 4.78 is 27.9. The lowest BCUT2D eigenvalue weighted by molar-refractivity contribution is 0.238. The average Bonchev–Trinajstić information content (AvgIpc) is 2.69. The predicted octanol–water partition coefficient (Wildman–Crippen LogP) is 2.38. The van der Waals surface area contributed by atoms with Crippen molar-refractivity contribution in [3.8, 4) is 0 Å². The van der Waals surface area contributed by atoms with E-state index in [1.54, 1.807) is 6.07 Å². The van der Waals surface area contributed by atoms with Gasteiger partial charge in [-0.2, -0.15) is 0 Å². The van der Waals surface area contributed by atoms with Crippen molar-refractivity contribution in [1.82, 2.24) is 10.0 Å². The Kier molecular flexibility index (Phi) is 4.57. The summed E-state index contributed by atoms with van der Waals surface area (Å²) in [5, 5.41) is 3.31. The summed E-state index contributed by atoms with van der Waals surface area (Å²) in [7, 11) is -3.44. The topological polar surface area (TPSA) is 58.2 Å². The zero-order valence-corrected chi connectivity index (χ0v) is 13.5. The van der Waals surface area contributed by atoms with Crippen molar-refractivity contribution in [3.05, 3.63) is 16.0 Å². The van der Waals surface area contributed by atoms with Crippen LogP contribution in [0.4, 0.5) is 0 Å². The van der Waals surface area contributed by atoms with E-state index in [4.69, 9.17) is 11.6 Å². The molecule has 2 heterocycles. The smallest absolute Gasteiger partial charge is 0.250 e. The van der Waals surface area contributed by atoms with Gasteiger partial charge in [-0.25, -0.2) is 13.1 Å². The lowest BCUT2D eigenvalue weighted by Gasteiger charge is -2.34. The van der Waals surface area contributed by atoms with Gasteiger partial charge >= 0.3 is 0 Å². The second-order valence-corrected chi connectivity index (χ2v) is 9.09. The third-order valence-electron chi connectivity index (χ3n) is 3.47. The van der Waals surface area contributed by atoms with E-state index in [-0.39, 0.29) is 5.41 Å². The van der Waals surface area contributed by atoms with Crippen LogP contribution in [0.1, 0.15) is 25.3 Å². The number of aryl methyl sites for hydroxylation is 1. The molecule has 1 unspecified atom stereocenters. The summed E-state index contributed by atoms with van der Waals surface area (Å²) in [6.07, 6.45) is 2.12. The fourth-order valence-electron chi connectivity index (χ4n) is 2.17. The summed E-state index contributed by atoms with van der Waals surface area (Å²) >= 11 is 7.03. The van der Waals surface area contributed by atoms with Crippen molar-refractivity contribution in [1.29, 1.82) is 0 Å². The van der Waals surface area contributed by atoms with E-state index in [0.29, 0.717) is 15.1 Å². The van der Waals surface area contributed by atoms with Gasteiger partial charge in [-0.3, -0.25) is 0 Å². The second-order valence-electron chi connectivity index (χ2n) is 5.44. The molecular formula is C12H19ClN2O2S2. The van der Waals surface area contributed by atoms with Gasteiger partial charge in [0, 0.05) is 13.1 Å². The van der Waals surface area contributed by atoms with E-state index in [9.17, 15) is 8.42 Å². The molecule has 2 rings (SSSR count). The lowest BCUT2D eigenvalue weighted by atomic mass is 9.83. The number of nitrogens with one attached hydrogen (secondary N) is 2. The summed E-state index contributed by atoms with van der Waals surface area (Å²) in [5.41, 5.74) is 0.791. The monoisotopic (exact) mass is 322 g/mol. The van der Waals surface area contributed by atoms with Crippen LogP contribution in [0, 0.1) is 12.3 Å². The molecule has 4 nitrogen and oxygen atoms in total. The Bertz CT molecular complexity index is 529. The third kappa shape index (κ3) is 3.70. The highest BCUT2D eigenvalue weighted by atomic mass is 35.5. The number of hydrogen-bond acceptors (Lipinski definition) is 4. The molecule has 7 heteroatoms. The van der Waals surface area contributed by atoms with Crippen LogP contribution in [0.2, 0.25) is 4.34 Å². The number of thiophene rings is 1. The van der Waals surface area contributed by atoms with E-state index >= 15 is 0 Å². The van der Waals surface area contributed by atoms with Crippen molar-refractivity contribution in [2.75, 3.05) is 19.6 Å². The van der Waals surface area contributed by atoms with Crippen LogP contribution >= 0.6 is 22.9 Å². The molecular weight excluding hydrogens is 304 g/mol.